The van der Waals surface area contributed by atoms with Crippen molar-refractivity contribution in [2.24, 2.45) is 34.5 Å². The monoisotopic (exact) mass is 370 g/mol. The first-order valence-electron chi connectivity index (χ1n) is 11.7. The highest BCUT2D eigenvalue weighted by molar-refractivity contribution is 5.35. The maximum atomic E-state index is 10.0. The molecule has 1 N–H and O–H groups in total. The second-order valence-corrected chi connectivity index (χ2v) is 9.86. The lowest BCUT2D eigenvalue weighted by Gasteiger charge is -2.57. The van der Waals surface area contributed by atoms with Crippen LogP contribution >= 0.6 is 0 Å². The van der Waals surface area contributed by atoms with Crippen molar-refractivity contribution in [3.8, 4) is 0 Å². The van der Waals surface area contributed by atoms with Crippen molar-refractivity contribution < 1.29 is 5.11 Å². The van der Waals surface area contributed by atoms with Crippen LogP contribution in [0.25, 0.3) is 0 Å². The number of fused-ring (bicyclic) bond motifs is 5. The third-order valence-electron chi connectivity index (χ3n) is 8.82. The third-order valence-corrected chi connectivity index (χ3v) is 8.82. The van der Waals surface area contributed by atoms with Gasteiger partial charge in [0.05, 0.1) is 5.76 Å². The number of allylic oxidation sites excluding steroid dienone is 6. The lowest BCUT2D eigenvalue weighted by atomic mass is 9.48. The minimum Gasteiger partial charge on any atom is -0.512 e. The van der Waals surface area contributed by atoms with Crippen LogP contribution in [0.1, 0.15) is 92.9 Å². The zero-order valence-corrected chi connectivity index (χ0v) is 18.6. The molecule has 0 radical (unpaired) electrons. The summed E-state index contributed by atoms with van der Waals surface area (Å²) in [7, 11) is 0. The van der Waals surface area contributed by atoms with Crippen LogP contribution in [0.2, 0.25) is 0 Å². The van der Waals surface area contributed by atoms with Gasteiger partial charge in [-0.05, 0) is 98.0 Å². The SMILES string of the molecule is CC.CC/C=C(\C)C1CCC2C3CC=C4C=C(O)CCC4(C)C3CCC12C. The second kappa shape index (κ2) is 7.80. The van der Waals surface area contributed by atoms with Crippen LogP contribution in [0.4, 0.5) is 0 Å². The van der Waals surface area contributed by atoms with E-state index in [-0.39, 0.29) is 0 Å². The van der Waals surface area contributed by atoms with Gasteiger partial charge in [0.25, 0.3) is 0 Å². The Morgan fingerprint density at radius 2 is 1.89 bits per heavy atom. The van der Waals surface area contributed by atoms with Crippen LogP contribution in [-0.2, 0) is 0 Å². The molecule has 4 rings (SSSR count). The van der Waals surface area contributed by atoms with Gasteiger partial charge in [-0.25, -0.2) is 0 Å². The number of rotatable bonds is 2. The van der Waals surface area contributed by atoms with E-state index in [0.29, 0.717) is 16.6 Å². The molecule has 1 nitrogen and oxygen atoms in total. The Labute approximate surface area is 168 Å². The summed E-state index contributed by atoms with van der Waals surface area (Å²) in [4.78, 5) is 0. The molecule has 0 heterocycles. The first-order chi connectivity index (χ1) is 12.9. The van der Waals surface area contributed by atoms with Gasteiger partial charge in [0.2, 0.25) is 0 Å². The van der Waals surface area contributed by atoms with Gasteiger partial charge in [0, 0.05) is 6.42 Å². The zero-order valence-electron chi connectivity index (χ0n) is 18.6. The molecule has 2 fully saturated rings. The summed E-state index contributed by atoms with van der Waals surface area (Å²) in [5.74, 6) is 3.99. The number of aliphatic hydroxyl groups excluding tert-OH is 1. The van der Waals surface area contributed by atoms with Gasteiger partial charge in [0.15, 0.2) is 0 Å². The average Bonchev–Trinajstić information content (AvgIpc) is 3.01. The topological polar surface area (TPSA) is 20.2 Å². The second-order valence-electron chi connectivity index (χ2n) is 9.86. The molecule has 0 bridgehead atoms. The molecule has 4 aliphatic carbocycles. The summed E-state index contributed by atoms with van der Waals surface area (Å²) in [5.41, 5.74) is 3.93. The molecule has 6 unspecified atom stereocenters. The smallest absolute Gasteiger partial charge is 0.0925 e. The highest BCUT2D eigenvalue weighted by Gasteiger charge is 2.58. The highest BCUT2D eigenvalue weighted by atomic mass is 16.3. The average molecular weight is 371 g/mol. The number of aliphatic hydroxyl groups is 1. The van der Waals surface area contributed by atoms with E-state index in [4.69, 9.17) is 0 Å². The Hall–Kier alpha value is -0.980. The van der Waals surface area contributed by atoms with Gasteiger partial charge in [0.1, 0.15) is 0 Å². The van der Waals surface area contributed by atoms with Crippen LogP contribution in [0.3, 0.4) is 0 Å². The minimum absolute atomic E-state index is 0.308. The molecule has 0 spiro atoms. The Bertz CT molecular complexity index is 639. The van der Waals surface area contributed by atoms with Crippen LogP contribution in [0, 0.1) is 34.5 Å². The van der Waals surface area contributed by atoms with E-state index < -0.39 is 0 Å². The highest BCUT2D eigenvalue weighted by Crippen LogP contribution is 2.66. The molecule has 27 heavy (non-hydrogen) atoms. The molecule has 6 atom stereocenters. The normalized spacial score (nSPS) is 43.4. The quantitative estimate of drug-likeness (QED) is 0.488. The fraction of sp³-hybridized carbons (Fsp3) is 0.769. The van der Waals surface area contributed by atoms with Crippen molar-refractivity contribution in [1.29, 1.82) is 0 Å². The van der Waals surface area contributed by atoms with E-state index in [1.54, 1.807) is 5.57 Å². The fourth-order valence-corrected chi connectivity index (χ4v) is 7.52. The molecule has 0 saturated heterocycles. The Balaban J connectivity index is 0.00000102. The molecule has 0 aliphatic heterocycles. The molecular formula is C26H42O. The molecule has 4 aliphatic rings. The van der Waals surface area contributed by atoms with Crippen molar-refractivity contribution in [3.63, 3.8) is 0 Å². The molecule has 0 aromatic carbocycles. The summed E-state index contributed by atoms with van der Waals surface area (Å²) in [5, 5.41) is 10.0. The van der Waals surface area contributed by atoms with E-state index >= 15 is 0 Å². The molecule has 0 amide bonds. The maximum Gasteiger partial charge on any atom is 0.0925 e. The van der Waals surface area contributed by atoms with Crippen molar-refractivity contribution >= 4 is 0 Å². The summed E-state index contributed by atoms with van der Waals surface area (Å²) >= 11 is 0. The van der Waals surface area contributed by atoms with E-state index in [1.165, 1.54) is 44.1 Å². The van der Waals surface area contributed by atoms with E-state index in [9.17, 15) is 5.11 Å². The van der Waals surface area contributed by atoms with E-state index in [1.807, 2.05) is 13.8 Å². The minimum atomic E-state index is 0.308. The molecular weight excluding hydrogens is 328 g/mol. The van der Waals surface area contributed by atoms with Crippen LogP contribution in [0.5, 0.6) is 0 Å². The van der Waals surface area contributed by atoms with Crippen molar-refractivity contribution in [2.75, 3.05) is 0 Å². The van der Waals surface area contributed by atoms with Gasteiger partial charge in [-0.2, -0.15) is 0 Å². The van der Waals surface area contributed by atoms with Gasteiger partial charge in [-0.1, -0.05) is 52.3 Å². The summed E-state index contributed by atoms with van der Waals surface area (Å²) < 4.78 is 0. The van der Waals surface area contributed by atoms with Crippen LogP contribution in [0.15, 0.2) is 35.1 Å². The number of hydrogen-bond acceptors (Lipinski definition) is 1. The summed E-state index contributed by atoms with van der Waals surface area (Å²) in [6.07, 6.45) is 17.1. The molecule has 1 heteroatoms. The first-order valence-corrected chi connectivity index (χ1v) is 11.7. The van der Waals surface area contributed by atoms with Gasteiger partial charge < -0.3 is 5.11 Å². The van der Waals surface area contributed by atoms with Gasteiger partial charge in [-0.15, -0.1) is 0 Å². The molecule has 2 saturated carbocycles. The lowest BCUT2D eigenvalue weighted by molar-refractivity contribution is -0.0315. The fourth-order valence-electron chi connectivity index (χ4n) is 7.52. The molecule has 0 aromatic rings. The molecule has 152 valence electrons. The first kappa shape index (κ1) is 20.7. The van der Waals surface area contributed by atoms with Crippen molar-refractivity contribution in [2.45, 2.75) is 92.9 Å². The maximum absolute atomic E-state index is 10.0. The Kier molecular flexibility index (Phi) is 5.99. The zero-order chi connectivity index (χ0) is 19.8. The van der Waals surface area contributed by atoms with Crippen molar-refractivity contribution in [1.82, 2.24) is 0 Å². The van der Waals surface area contributed by atoms with E-state index in [2.05, 4.69) is 45.9 Å². The Morgan fingerprint density at radius 3 is 2.59 bits per heavy atom. The van der Waals surface area contributed by atoms with Gasteiger partial charge >= 0.3 is 0 Å². The third kappa shape index (κ3) is 3.23. The summed E-state index contributed by atoms with van der Waals surface area (Å²) in [6.45, 7) is 13.8. The van der Waals surface area contributed by atoms with Crippen LogP contribution < -0.4 is 0 Å². The van der Waals surface area contributed by atoms with Gasteiger partial charge in [-0.3, -0.25) is 0 Å². The predicted octanol–water partition coefficient (Wildman–Crippen LogP) is 8.00. The standard InChI is InChI=1S/C24H36O.C2H6/c1-5-6-16(2)20-9-10-21-19-8-7-17-15-18(25)11-13-23(17,3)22(19)12-14-24(20,21)4;1-2/h6-7,15,19-22,25H,5,8-14H2,1-4H3;1-2H3/b16-6+;. The van der Waals surface area contributed by atoms with Crippen molar-refractivity contribution in [3.05, 3.63) is 35.1 Å². The molecule has 0 aromatic heterocycles. The predicted molar refractivity (Wildman–Crippen MR) is 117 cm³/mol. The largest absolute Gasteiger partial charge is 0.512 e. The number of hydrogen-bond donors (Lipinski definition) is 1. The van der Waals surface area contributed by atoms with E-state index in [0.717, 1.165) is 36.5 Å². The Morgan fingerprint density at radius 1 is 1.15 bits per heavy atom. The summed E-state index contributed by atoms with van der Waals surface area (Å²) in [6, 6.07) is 0. The lowest BCUT2D eigenvalue weighted by Crippen LogP contribution is -2.49. The van der Waals surface area contributed by atoms with Crippen LogP contribution in [-0.4, -0.2) is 5.11 Å².